The summed E-state index contributed by atoms with van der Waals surface area (Å²) in [5.74, 6) is 0. The summed E-state index contributed by atoms with van der Waals surface area (Å²) >= 11 is 1.75. The number of benzene rings is 1. The summed E-state index contributed by atoms with van der Waals surface area (Å²) in [6, 6.07) is 8.00. The molecular formula is C12H14N2S. The Morgan fingerprint density at radius 2 is 2.00 bits per heavy atom. The highest BCUT2D eigenvalue weighted by molar-refractivity contribution is 7.11. The number of hydrogen-bond donors (Lipinski definition) is 1. The number of nitrogen functional groups attached to an aromatic ring is 1. The van der Waals surface area contributed by atoms with Gasteiger partial charge in [-0.05, 0) is 25.5 Å². The lowest BCUT2D eigenvalue weighted by Gasteiger charge is -2.03. The van der Waals surface area contributed by atoms with E-state index in [4.69, 9.17) is 5.73 Å². The van der Waals surface area contributed by atoms with Crippen LogP contribution in [0, 0.1) is 13.8 Å². The van der Waals surface area contributed by atoms with Gasteiger partial charge in [-0.25, -0.2) is 4.98 Å². The molecule has 0 amide bonds. The molecule has 2 aromatic rings. The predicted molar refractivity (Wildman–Crippen MR) is 65.2 cm³/mol. The second kappa shape index (κ2) is 4.03. The van der Waals surface area contributed by atoms with E-state index < -0.39 is 0 Å². The van der Waals surface area contributed by atoms with E-state index in [1.54, 1.807) is 11.3 Å². The molecule has 1 aromatic heterocycles. The van der Waals surface area contributed by atoms with Crippen molar-refractivity contribution in [2.24, 2.45) is 0 Å². The molecule has 0 aliphatic heterocycles. The SMILES string of the molecule is Cc1nc(C)c(Cc2ccccc2N)s1. The van der Waals surface area contributed by atoms with Crippen molar-refractivity contribution in [2.75, 3.05) is 5.73 Å². The summed E-state index contributed by atoms with van der Waals surface area (Å²) in [4.78, 5) is 5.73. The summed E-state index contributed by atoms with van der Waals surface area (Å²) in [5, 5.41) is 1.12. The zero-order chi connectivity index (χ0) is 10.8. The third kappa shape index (κ3) is 2.18. The van der Waals surface area contributed by atoms with E-state index in [1.165, 1.54) is 10.4 Å². The summed E-state index contributed by atoms with van der Waals surface area (Å²) in [6.45, 7) is 4.09. The fourth-order valence-corrected chi connectivity index (χ4v) is 2.57. The Morgan fingerprint density at radius 3 is 2.60 bits per heavy atom. The molecular weight excluding hydrogens is 204 g/mol. The van der Waals surface area contributed by atoms with Crippen LogP contribution in [0.15, 0.2) is 24.3 Å². The monoisotopic (exact) mass is 218 g/mol. The van der Waals surface area contributed by atoms with Crippen LogP contribution >= 0.6 is 11.3 Å². The fourth-order valence-electron chi connectivity index (χ4n) is 1.61. The van der Waals surface area contributed by atoms with Gasteiger partial charge in [0.05, 0.1) is 10.7 Å². The van der Waals surface area contributed by atoms with E-state index >= 15 is 0 Å². The number of nitrogens with two attached hydrogens (primary N) is 1. The lowest BCUT2D eigenvalue weighted by molar-refractivity contribution is 1.13. The maximum Gasteiger partial charge on any atom is 0.0900 e. The Bertz CT molecular complexity index is 474. The van der Waals surface area contributed by atoms with Crippen molar-refractivity contribution in [1.82, 2.24) is 4.98 Å². The largest absolute Gasteiger partial charge is 0.398 e. The topological polar surface area (TPSA) is 38.9 Å². The molecule has 78 valence electrons. The number of anilines is 1. The minimum Gasteiger partial charge on any atom is -0.398 e. The van der Waals surface area contributed by atoms with E-state index in [-0.39, 0.29) is 0 Å². The molecule has 1 aromatic carbocycles. The van der Waals surface area contributed by atoms with E-state index in [0.29, 0.717) is 0 Å². The summed E-state index contributed by atoms with van der Waals surface area (Å²) < 4.78 is 0. The van der Waals surface area contributed by atoms with Crippen LogP contribution in [0.3, 0.4) is 0 Å². The third-order valence-electron chi connectivity index (χ3n) is 2.41. The van der Waals surface area contributed by atoms with Gasteiger partial charge in [0.15, 0.2) is 0 Å². The van der Waals surface area contributed by atoms with Crippen LogP contribution in [0.2, 0.25) is 0 Å². The molecule has 0 radical (unpaired) electrons. The Balaban J connectivity index is 2.29. The van der Waals surface area contributed by atoms with E-state index in [9.17, 15) is 0 Å². The van der Waals surface area contributed by atoms with Crippen molar-refractivity contribution in [3.05, 3.63) is 45.4 Å². The Morgan fingerprint density at radius 1 is 1.27 bits per heavy atom. The van der Waals surface area contributed by atoms with Crippen molar-refractivity contribution >= 4 is 17.0 Å². The first-order valence-corrected chi connectivity index (χ1v) is 5.75. The van der Waals surface area contributed by atoms with Crippen LogP contribution in [0.25, 0.3) is 0 Å². The summed E-state index contributed by atoms with van der Waals surface area (Å²) in [5.41, 5.74) is 9.08. The second-order valence-corrected chi connectivity index (χ2v) is 4.90. The van der Waals surface area contributed by atoms with Crippen LogP contribution in [-0.4, -0.2) is 4.98 Å². The molecule has 0 saturated carbocycles. The van der Waals surface area contributed by atoms with Crippen molar-refractivity contribution in [2.45, 2.75) is 20.3 Å². The summed E-state index contributed by atoms with van der Waals surface area (Å²) in [7, 11) is 0. The molecule has 15 heavy (non-hydrogen) atoms. The van der Waals surface area contributed by atoms with Gasteiger partial charge in [0.2, 0.25) is 0 Å². The molecule has 3 heteroatoms. The lowest BCUT2D eigenvalue weighted by atomic mass is 10.1. The van der Waals surface area contributed by atoms with Gasteiger partial charge >= 0.3 is 0 Å². The molecule has 2 nitrogen and oxygen atoms in total. The molecule has 0 spiro atoms. The third-order valence-corrected chi connectivity index (χ3v) is 3.48. The highest BCUT2D eigenvalue weighted by Crippen LogP contribution is 2.23. The van der Waals surface area contributed by atoms with Gasteiger partial charge < -0.3 is 5.73 Å². The molecule has 0 fully saturated rings. The molecule has 2 rings (SSSR count). The van der Waals surface area contributed by atoms with Gasteiger partial charge in [0.1, 0.15) is 0 Å². The number of hydrogen-bond acceptors (Lipinski definition) is 3. The van der Waals surface area contributed by atoms with Crippen molar-refractivity contribution in [3.63, 3.8) is 0 Å². The molecule has 0 aliphatic carbocycles. The highest BCUT2D eigenvalue weighted by Gasteiger charge is 2.07. The Labute approximate surface area is 93.8 Å². The first-order valence-electron chi connectivity index (χ1n) is 4.93. The molecule has 0 bridgehead atoms. The zero-order valence-electron chi connectivity index (χ0n) is 8.95. The fraction of sp³-hybridized carbons (Fsp3) is 0.250. The molecule has 0 aliphatic rings. The van der Waals surface area contributed by atoms with Gasteiger partial charge in [-0.1, -0.05) is 18.2 Å². The smallest absolute Gasteiger partial charge is 0.0900 e. The Hall–Kier alpha value is -1.35. The van der Waals surface area contributed by atoms with Gasteiger partial charge in [0.25, 0.3) is 0 Å². The zero-order valence-corrected chi connectivity index (χ0v) is 9.77. The molecule has 0 unspecified atom stereocenters. The number of nitrogens with zero attached hydrogens (tertiary/aromatic N) is 1. The van der Waals surface area contributed by atoms with Crippen LogP contribution < -0.4 is 5.73 Å². The van der Waals surface area contributed by atoms with Crippen LogP contribution in [0.1, 0.15) is 21.1 Å². The van der Waals surface area contributed by atoms with Crippen LogP contribution in [-0.2, 0) is 6.42 Å². The van der Waals surface area contributed by atoms with E-state index in [2.05, 4.69) is 18.0 Å². The quantitative estimate of drug-likeness (QED) is 0.787. The molecule has 1 heterocycles. The van der Waals surface area contributed by atoms with E-state index in [0.717, 1.165) is 22.8 Å². The first-order chi connectivity index (χ1) is 7.16. The van der Waals surface area contributed by atoms with Crippen LogP contribution in [0.5, 0.6) is 0 Å². The minimum atomic E-state index is 0.864. The molecule has 0 atom stereocenters. The van der Waals surface area contributed by atoms with Crippen molar-refractivity contribution < 1.29 is 0 Å². The first kappa shape index (κ1) is 10.2. The average Bonchev–Trinajstić information content (AvgIpc) is 2.49. The number of aromatic nitrogens is 1. The minimum absolute atomic E-state index is 0.864. The van der Waals surface area contributed by atoms with E-state index in [1.807, 2.05) is 25.1 Å². The van der Waals surface area contributed by atoms with Gasteiger partial charge in [-0.2, -0.15) is 0 Å². The summed E-state index contributed by atoms with van der Waals surface area (Å²) in [6.07, 6.45) is 0.893. The number of rotatable bonds is 2. The predicted octanol–water partition coefficient (Wildman–Crippen LogP) is 2.93. The highest BCUT2D eigenvalue weighted by atomic mass is 32.1. The average molecular weight is 218 g/mol. The molecule has 2 N–H and O–H groups in total. The standard InChI is InChI=1S/C12H14N2S/c1-8-12(15-9(2)14-8)7-10-5-3-4-6-11(10)13/h3-6H,7,13H2,1-2H3. The van der Waals surface area contributed by atoms with Gasteiger partial charge in [0, 0.05) is 17.0 Å². The lowest BCUT2D eigenvalue weighted by Crippen LogP contribution is -1.94. The molecule has 0 saturated heterocycles. The van der Waals surface area contributed by atoms with Crippen molar-refractivity contribution in [1.29, 1.82) is 0 Å². The van der Waals surface area contributed by atoms with Crippen LogP contribution in [0.4, 0.5) is 5.69 Å². The van der Waals surface area contributed by atoms with Gasteiger partial charge in [-0.3, -0.25) is 0 Å². The normalized spacial score (nSPS) is 10.5. The maximum atomic E-state index is 5.91. The number of aryl methyl sites for hydroxylation is 2. The second-order valence-electron chi connectivity index (χ2n) is 3.62. The van der Waals surface area contributed by atoms with Gasteiger partial charge in [-0.15, -0.1) is 11.3 Å². The number of para-hydroxylation sites is 1. The van der Waals surface area contributed by atoms with Crippen molar-refractivity contribution in [3.8, 4) is 0 Å². The Kier molecular flexibility index (Phi) is 2.73. The maximum absolute atomic E-state index is 5.91. The number of thiazole rings is 1.